The van der Waals surface area contributed by atoms with Crippen molar-refractivity contribution in [3.05, 3.63) is 59.3 Å². The van der Waals surface area contributed by atoms with Gasteiger partial charge in [0.15, 0.2) is 0 Å². The van der Waals surface area contributed by atoms with Crippen molar-refractivity contribution >= 4 is 21.4 Å². The molecule has 1 aromatic heterocycles. The summed E-state index contributed by atoms with van der Waals surface area (Å²) in [6, 6.07) is 13.7. The Morgan fingerprint density at radius 3 is 2.74 bits per heavy atom. The number of hydrogen-bond acceptors (Lipinski definition) is 7. The first kappa shape index (κ1) is 27.8. The number of benzene rings is 2. The molecule has 7 nitrogen and oxygen atoms in total. The molecular weight excluding hydrogens is 528 g/mol. The second-order valence-corrected chi connectivity index (χ2v) is 13.8. The van der Waals surface area contributed by atoms with Gasteiger partial charge in [0.05, 0.1) is 22.3 Å². The van der Waals surface area contributed by atoms with Gasteiger partial charge in [0.1, 0.15) is 16.8 Å². The highest BCUT2D eigenvalue weighted by Gasteiger charge is 2.29. The Labute approximate surface area is 235 Å². The van der Waals surface area contributed by atoms with E-state index < -0.39 is 10.0 Å². The first-order valence-corrected chi connectivity index (χ1v) is 16.2. The molecule has 1 N–H and O–H groups in total. The van der Waals surface area contributed by atoms with E-state index >= 15 is 0 Å². The maximum atomic E-state index is 13.0. The largest absolute Gasteiger partial charge is 0.490 e. The van der Waals surface area contributed by atoms with E-state index in [1.165, 1.54) is 5.56 Å². The molecule has 2 heterocycles. The number of ether oxygens (including phenoxy) is 1. The molecule has 0 amide bonds. The maximum Gasteiger partial charge on any atom is 0.213 e. The summed E-state index contributed by atoms with van der Waals surface area (Å²) in [7, 11) is -3.39. The highest BCUT2D eigenvalue weighted by molar-refractivity contribution is 7.89. The zero-order valence-corrected chi connectivity index (χ0v) is 24.4. The molecule has 9 heteroatoms. The van der Waals surface area contributed by atoms with Crippen LogP contribution in [0.15, 0.2) is 42.6 Å². The number of nitriles is 1. The summed E-state index contributed by atoms with van der Waals surface area (Å²) in [6.07, 6.45) is 5.71. The van der Waals surface area contributed by atoms with Crippen molar-refractivity contribution in [2.75, 3.05) is 25.4 Å². The van der Waals surface area contributed by atoms with Crippen molar-refractivity contribution < 1.29 is 13.2 Å². The fraction of sp³-hybridized carbons (Fsp3) is 0.467. The number of sulfonamides is 1. The molecule has 2 aromatic carbocycles. The number of fused-ring (bicyclic) bond motifs is 1. The van der Waals surface area contributed by atoms with Crippen molar-refractivity contribution in [3.8, 4) is 32.8 Å². The lowest BCUT2D eigenvalue weighted by Gasteiger charge is -2.30. The number of rotatable bonds is 9. The van der Waals surface area contributed by atoms with E-state index in [0.29, 0.717) is 17.9 Å². The van der Waals surface area contributed by atoms with Crippen LogP contribution in [0.25, 0.3) is 21.0 Å². The van der Waals surface area contributed by atoms with Gasteiger partial charge in [0, 0.05) is 24.3 Å². The van der Waals surface area contributed by atoms with Crippen molar-refractivity contribution in [2.24, 2.45) is 5.92 Å². The number of nitrogens with one attached hydrogen (secondary N) is 1. The van der Waals surface area contributed by atoms with Gasteiger partial charge < -0.3 is 9.64 Å². The van der Waals surface area contributed by atoms with E-state index in [0.717, 1.165) is 71.3 Å². The zero-order valence-electron chi connectivity index (χ0n) is 22.8. The quantitative estimate of drug-likeness (QED) is 0.354. The molecule has 2 aliphatic rings. The monoisotopic (exact) mass is 564 g/mol. The first-order valence-electron chi connectivity index (χ1n) is 13.7. The smallest absolute Gasteiger partial charge is 0.213 e. The third-order valence-electron chi connectivity index (χ3n) is 7.63. The zero-order chi connectivity index (χ0) is 27.6. The number of piperidine rings is 1. The van der Waals surface area contributed by atoms with Crippen molar-refractivity contribution in [3.63, 3.8) is 0 Å². The summed E-state index contributed by atoms with van der Waals surface area (Å²) in [5.74, 6) is 1.44. The average Bonchev–Trinajstić information content (AvgIpc) is 3.56. The molecule has 0 radical (unpaired) electrons. The Balaban J connectivity index is 1.30. The number of thiazole rings is 1. The van der Waals surface area contributed by atoms with Crippen molar-refractivity contribution in [1.82, 2.24) is 14.6 Å². The SMILES string of the molecule is CC1CCN(CCS(=O)(=O)N[C@H]2CCc3c(-c4cnc(-c5ccc(OC(C)C)c(C#N)c5)s4)cccc32)CC1. The summed E-state index contributed by atoms with van der Waals surface area (Å²) in [6.45, 7) is 8.69. The molecule has 1 fully saturated rings. The molecule has 1 aliphatic heterocycles. The van der Waals surface area contributed by atoms with E-state index in [4.69, 9.17) is 4.74 Å². The molecule has 5 rings (SSSR count). The Bertz CT molecular complexity index is 1470. The first-order chi connectivity index (χ1) is 18.7. The van der Waals surface area contributed by atoms with Crippen LogP contribution in [0.5, 0.6) is 5.75 Å². The normalized spacial score (nSPS) is 18.3. The second-order valence-electron chi connectivity index (χ2n) is 10.9. The third-order valence-corrected chi connectivity index (χ3v) is 10.1. The van der Waals surface area contributed by atoms with Crippen LogP contribution in [0.3, 0.4) is 0 Å². The summed E-state index contributed by atoms with van der Waals surface area (Å²) >= 11 is 1.58. The topological polar surface area (TPSA) is 95.3 Å². The van der Waals surface area contributed by atoms with Crippen LogP contribution in [-0.4, -0.2) is 49.8 Å². The van der Waals surface area contributed by atoms with E-state index in [1.807, 2.05) is 50.4 Å². The summed E-state index contributed by atoms with van der Waals surface area (Å²) in [5.41, 5.74) is 4.70. The summed E-state index contributed by atoms with van der Waals surface area (Å²) in [5, 5.41) is 10.4. The molecule has 0 bridgehead atoms. The van der Waals surface area contributed by atoms with E-state index in [-0.39, 0.29) is 17.9 Å². The van der Waals surface area contributed by atoms with Gasteiger partial charge in [-0.05, 0) is 93.4 Å². The third kappa shape index (κ3) is 6.52. The minimum absolute atomic E-state index is 0.0125. The van der Waals surface area contributed by atoms with Gasteiger partial charge in [0.2, 0.25) is 10.0 Å². The van der Waals surface area contributed by atoms with Crippen molar-refractivity contribution in [2.45, 2.75) is 58.6 Å². The fourth-order valence-corrected chi connectivity index (χ4v) is 7.72. The minimum atomic E-state index is -3.39. The maximum absolute atomic E-state index is 13.0. The van der Waals surface area contributed by atoms with Crippen molar-refractivity contribution in [1.29, 1.82) is 5.26 Å². The Kier molecular flexibility index (Phi) is 8.38. The highest BCUT2D eigenvalue weighted by Crippen LogP contribution is 2.41. The lowest BCUT2D eigenvalue weighted by Crippen LogP contribution is -2.39. The van der Waals surface area contributed by atoms with Gasteiger partial charge in [0.25, 0.3) is 0 Å². The molecule has 0 unspecified atom stereocenters. The highest BCUT2D eigenvalue weighted by atomic mass is 32.2. The Morgan fingerprint density at radius 1 is 1.21 bits per heavy atom. The fourth-order valence-electron chi connectivity index (χ4n) is 5.46. The second kappa shape index (κ2) is 11.8. The lowest BCUT2D eigenvalue weighted by atomic mass is 9.99. The van der Waals surface area contributed by atoms with Gasteiger partial charge in [-0.15, -0.1) is 11.3 Å². The lowest BCUT2D eigenvalue weighted by molar-refractivity contribution is 0.202. The average molecular weight is 565 g/mol. The molecule has 1 atom stereocenters. The summed E-state index contributed by atoms with van der Waals surface area (Å²) < 4.78 is 34.7. The molecular formula is C30H36N4O3S2. The van der Waals surface area contributed by atoms with Gasteiger partial charge in [-0.2, -0.15) is 5.26 Å². The van der Waals surface area contributed by atoms with Gasteiger partial charge in [-0.3, -0.25) is 0 Å². The van der Waals surface area contributed by atoms with Gasteiger partial charge >= 0.3 is 0 Å². The number of likely N-dealkylation sites (tertiary alicyclic amines) is 1. The molecule has 3 aromatic rings. The van der Waals surface area contributed by atoms with E-state index in [1.54, 1.807) is 11.3 Å². The predicted molar refractivity (Wildman–Crippen MR) is 156 cm³/mol. The van der Waals surface area contributed by atoms with Crippen LogP contribution in [0.2, 0.25) is 0 Å². The van der Waals surface area contributed by atoms with Crippen LogP contribution in [-0.2, 0) is 16.4 Å². The summed E-state index contributed by atoms with van der Waals surface area (Å²) in [4.78, 5) is 7.96. The predicted octanol–water partition coefficient (Wildman–Crippen LogP) is 5.77. The Hall–Kier alpha value is -2.77. The minimum Gasteiger partial charge on any atom is -0.490 e. The standard InChI is InChI=1S/C30H36N4O3S2/c1-20(2)37-28-10-7-22(17-23(28)18-31)30-32-19-29(38-30)26-6-4-5-25-24(26)8-9-27(25)33-39(35,36)16-15-34-13-11-21(3)12-14-34/h4-7,10,17,19-21,27,33H,8-9,11-16H2,1-3H3/t27-/m0/s1. The molecule has 39 heavy (non-hydrogen) atoms. The van der Waals surface area contributed by atoms with Crippen LogP contribution in [0.4, 0.5) is 0 Å². The van der Waals surface area contributed by atoms with Crippen LogP contribution >= 0.6 is 11.3 Å². The van der Waals surface area contributed by atoms with Crippen LogP contribution < -0.4 is 9.46 Å². The van der Waals surface area contributed by atoms with E-state index in [2.05, 4.69) is 33.7 Å². The van der Waals surface area contributed by atoms with Crippen LogP contribution in [0.1, 0.15) is 62.8 Å². The van der Waals surface area contributed by atoms with Gasteiger partial charge in [-0.25, -0.2) is 18.1 Å². The number of nitrogens with zero attached hydrogens (tertiary/aromatic N) is 3. The molecule has 0 spiro atoms. The number of hydrogen-bond donors (Lipinski definition) is 1. The van der Waals surface area contributed by atoms with E-state index in [9.17, 15) is 13.7 Å². The molecule has 206 valence electrons. The molecule has 0 saturated carbocycles. The number of aromatic nitrogens is 1. The molecule has 1 aliphatic carbocycles. The van der Waals surface area contributed by atoms with Gasteiger partial charge in [-0.1, -0.05) is 25.1 Å². The van der Waals surface area contributed by atoms with Crippen LogP contribution in [0, 0.1) is 17.2 Å². The molecule has 1 saturated heterocycles. The Morgan fingerprint density at radius 2 is 2.00 bits per heavy atom.